The van der Waals surface area contributed by atoms with E-state index in [0.717, 1.165) is 24.9 Å². The lowest BCUT2D eigenvalue weighted by Crippen LogP contribution is -2.32. The molecule has 3 heteroatoms. The zero-order valence-corrected chi connectivity index (χ0v) is 10.3. The van der Waals surface area contributed by atoms with Crippen molar-refractivity contribution in [3.63, 3.8) is 0 Å². The third-order valence-corrected chi connectivity index (χ3v) is 3.31. The van der Waals surface area contributed by atoms with E-state index < -0.39 is 0 Å². The molecule has 1 aliphatic carbocycles. The Morgan fingerprint density at radius 3 is 3.00 bits per heavy atom. The first-order chi connectivity index (χ1) is 7.75. The topological polar surface area (TPSA) is 28.4 Å². The van der Waals surface area contributed by atoms with Crippen LogP contribution in [0.5, 0.6) is 0 Å². The highest BCUT2D eigenvalue weighted by Gasteiger charge is 2.20. The molecule has 0 saturated heterocycles. The second-order valence-electron chi connectivity index (χ2n) is 4.86. The van der Waals surface area contributed by atoms with Crippen molar-refractivity contribution < 1.29 is 4.42 Å². The van der Waals surface area contributed by atoms with Crippen LogP contribution in [0.4, 0.5) is 0 Å². The molecule has 0 aliphatic heterocycles. The molecule has 0 bridgehead atoms. The van der Waals surface area contributed by atoms with Gasteiger partial charge in [0, 0.05) is 12.1 Å². The molecule has 0 amide bonds. The Hall–Kier alpha value is -0.800. The summed E-state index contributed by atoms with van der Waals surface area (Å²) < 4.78 is 5.35. The summed E-state index contributed by atoms with van der Waals surface area (Å²) >= 11 is 0. The van der Waals surface area contributed by atoms with Gasteiger partial charge in [0.25, 0.3) is 0 Å². The molecule has 1 N–H and O–H groups in total. The van der Waals surface area contributed by atoms with Crippen LogP contribution in [0, 0.1) is 0 Å². The summed E-state index contributed by atoms with van der Waals surface area (Å²) in [6.45, 7) is 4.31. The van der Waals surface area contributed by atoms with Gasteiger partial charge in [-0.05, 0) is 51.9 Å². The summed E-state index contributed by atoms with van der Waals surface area (Å²) in [6.07, 6.45) is 5.68. The van der Waals surface area contributed by atoms with Gasteiger partial charge in [0.15, 0.2) is 0 Å². The number of rotatable bonds is 7. The van der Waals surface area contributed by atoms with Gasteiger partial charge in [0.2, 0.25) is 0 Å². The molecule has 90 valence electrons. The minimum Gasteiger partial charge on any atom is -0.468 e. The summed E-state index contributed by atoms with van der Waals surface area (Å²) in [5.41, 5.74) is 0. The molecule has 1 atom stereocenters. The van der Waals surface area contributed by atoms with Crippen molar-refractivity contribution in [1.82, 2.24) is 10.2 Å². The minimum atomic E-state index is 0.594. The minimum absolute atomic E-state index is 0.594. The van der Waals surface area contributed by atoms with Crippen molar-refractivity contribution in [2.24, 2.45) is 0 Å². The van der Waals surface area contributed by atoms with E-state index in [4.69, 9.17) is 4.42 Å². The van der Waals surface area contributed by atoms with E-state index in [1.54, 1.807) is 6.26 Å². The molecule has 1 fully saturated rings. The lowest BCUT2D eigenvalue weighted by Gasteiger charge is -2.23. The van der Waals surface area contributed by atoms with Gasteiger partial charge < -0.3 is 9.73 Å². The van der Waals surface area contributed by atoms with Gasteiger partial charge in [-0.3, -0.25) is 4.90 Å². The summed E-state index contributed by atoms with van der Waals surface area (Å²) in [5, 5.41) is 3.55. The largest absolute Gasteiger partial charge is 0.468 e. The first-order valence-corrected chi connectivity index (χ1v) is 6.21. The van der Waals surface area contributed by atoms with Crippen LogP contribution in [0.3, 0.4) is 0 Å². The molecule has 1 aliphatic rings. The maximum atomic E-state index is 5.35. The van der Waals surface area contributed by atoms with E-state index in [1.165, 1.54) is 19.3 Å². The number of nitrogens with one attached hydrogen (secondary N) is 1. The Morgan fingerprint density at radius 1 is 1.56 bits per heavy atom. The number of nitrogens with zero attached hydrogens (tertiary/aromatic N) is 1. The molecule has 1 saturated carbocycles. The third-order valence-electron chi connectivity index (χ3n) is 3.31. The van der Waals surface area contributed by atoms with Crippen LogP contribution in [-0.2, 0) is 6.54 Å². The van der Waals surface area contributed by atoms with Crippen LogP contribution < -0.4 is 5.32 Å². The highest BCUT2D eigenvalue weighted by atomic mass is 16.3. The number of hydrogen-bond donors (Lipinski definition) is 1. The maximum Gasteiger partial charge on any atom is 0.117 e. The SMILES string of the molecule is CC(CCNC1CC1)N(C)Cc1ccco1. The molecule has 1 aromatic heterocycles. The quantitative estimate of drug-likeness (QED) is 0.767. The van der Waals surface area contributed by atoms with Gasteiger partial charge in [-0.1, -0.05) is 0 Å². The molecule has 0 spiro atoms. The highest BCUT2D eigenvalue weighted by Crippen LogP contribution is 2.18. The Balaban J connectivity index is 1.64. The lowest BCUT2D eigenvalue weighted by molar-refractivity contribution is 0.219. The van der Waals surface area contributed by atoms with Gasteiger partial charge >= 0.3 is 0 Å². The maximum absolute atomic E-state index is 5.35. The van der Waals surface area contributed by atoms with E-state index in [1.807, 2.05) is 12.1 Å². The van der Waals surface area contributed by atoms with Crippen molar-refractivity contribution >= 4 is 0 Å². The molecule has 0 aromatic carbocycles. The Bertz CT molecular complexity index is 293. The van der Waals surface area contributed by atoms with Crippen LogP contribution in [0.15, 0.2) is 22.8 Å². The van der Waals surface area contributed by atoms with Gasteiger partial charge in [-0.25, -0.2) is 0 Å². The summed E-state index contributed by atoms with van der Waals surface area (Å²) in [4.78, 5) is 2.34. The van der Waals surface area contributed by atoms with Crippen LogP contribution in [0.1, 0.15) is 31.9 Å². The van der Waals surface area contributed by atoms with E-state index in [0.29, 0.717) is 6.04 Å². The van der Waals surface area contributed by atoms with Crippen LogP contribution in [0.2, 0.25) is 0 Å². The number of hydrogen-bond acceptors (Lipinski definition) is 3. The summed E-state index contributed by atoms with van der Waals surface area (Å²) in [6, 6.07) is 5.40. The van der Waals surface area contributed by atoms with Gasteiger partial charge in [0.1, 0.15) is 5.76 Å². The Kier molecular flexibility index (Phi) is 4.02. The lowest BCUT2D eigenvalue weighted by atomic mass is 10.2. The Morgan fingerprint density at radius 2 is 2.38 bits per heavy atom. The first kappa shape index (κ1) is 11.7. The third kappa shape index (κ3) is 3.65. The first-order valence-electron chi connectivity index (χ1n) is 6.21. The molecular weight excluding hydrogens is 200 g/mol. The van der Waals surface area contributed by atoms with Crippen molar-refractivity contribution in [2.75, 3.05) is 13.6 Å². The fourth-order valence-corrected chi connectivity index (χ4v) is 1.81. The van der Waals surface area contributed by atoms with E-state index in [-0.39, 0.29) is 0 Å². The molecular formula is C13H22N2O. The van der Waals surface area contributed by atoms with Gasteiger partial charge in [-0.15, -0.1) is 0 Å². The van der Waals surface area contributed by atoms with Crippen LogP contribution in [-0.4, -0.2) is 30.6 Å². The van der Waals surface area contributed by atoms with Crippen LogP contribution >= 0.6 is 0 Å². The molecule has 1 aromatic rings. The standard InChI is InChI=1S/C13H22N2O/c1-11(7-8-14-12-5-6-12)15(2)10-13-4-3-9-16-13/h3-4,9,11-12,14H,5-8,10H2,1-2H3. The van der Waals surface area contributed by atoms with Crippen LogP contribution in [0.25, 0.3) is 0 Å². The van der Waals surface area contributed by atoms with E-state index in [9.17, 15) is 0 Å². The molecule has 3 nitrogen and oxygen atoms in total. The predicted octanol–water partition coefficient (Wildman–Crippen LogP) is 2.24. The zero-order valence-electron chi connectivity index (χ0n) is 10.3. The average molecular weight is 222 g/mol. The normalized spacial score (nSPS) is 17.9. The Labute approximate surface area is 97.8 Å². The predicted molar refractivity (Wildman–Crippen MR) is 65.3 cm³/mol. The van der Waals surface area contributed by atoms with Gasteiger partial charge in [-0.2, -0.15) is 0 Å². The number of furan rings is 1. The fourth-order valence-electron chi connectivity index (χ4n) is 1.81. The van der Waals surface area contributed by atoms with Crippen molar-refractivity contribution in [3.05, 3.63) is 24.2 Å². The molecule has 0 radical (unpaired) electrons. The second-order valence-corrected chi connectivity index (χ2v) is 4.86. The van der Waals surface area contributed by atoms with Crippen molar-refractivity contribution in [2.45, 2.75) is 44.8 Å². The van der Waals surface area contributed by atoms with E-state index >= 15 is 0 Å². The van der Waals surface area contributed by atoms with Gasteiger partial charge in [0.05, 0.1) is 12.8 Å². The fraction of sp³-hybridized carbons (Fsp3) is 0.692. The molecule has 16 heavy (non-hydrogen) atoms. The van der Waals surface area contributed by atoms with E-state index in [2.05, 4.69) is 24.2 Å². The smallest absolute Gasteiger partial charge is 0.117 e. The average Bonchev–Trinajstić information content (AvgIpc) is 2.95. The molecule has 1 unspecified atom stereocenters. The summed E-state index contributed by atoms with van der Waals surface area (Å²) in [5.74, 6) is 1.05. The van der Waals surface area contributed by atoms with Crippen molar-refractivity contribution in [3.8, 4) is 0 Å². The summed E-state index contributed by atoms with van der Waals surface area (Å²) in [7, 11) is 2.16. The monoisotopic (exact) mass is 222 g/mol. The second kappa shape index (κ2) is 5.51. The zero-order chi connectivity index (χ0) is 11.4. The highest BCUT2D eigenvalue weighted by molar-refractivity contribution is 4.97. The van der Waals surface area contributed by atoms with Crippen molar-refractivity contribution in [1.29, 1.82) is 0 Å². The molecule has 2 rings (SSSR count). The molecule has 1 heterocycles.